The summed E-state index contributed by atoms with van der Waals surface area (Å²) in [4.78, 5) is 11.1. The molecule has 0 aromatic heterocycles. The highest BCUT2D eigenvalue weighted by Gasteiger charge is 2.09. The zero-order chi connectivity index (χ0) is 12.8. The maximum Gasteiger partial charge on any atom is 0.370 e. The van der Waals surface area contributed by atoms with E-state index in [0.717, 1.165) is 0 Å². The fraction of sp³-hybridized carbons (Fsp3) is 0.200. The van der Waals surface area contributed by atoms with E-state index in [1.54, 1.807) is 25.1 Å². The fourth-order valence-electron chi connectivity index (χ4n) is 0.926. The van der Waals surface area contributed by atoms with Gasteiger partial charge in [0.15, 0.2) is 0 Å². The Morgan fingerprint density at radius 3 is 2.76 bits per heavy atom. The lowest BCUT2D eigenvalue weighted by Gasteiger charge is -2.04. The van der Waals surface area contributed by atoms with Crippen LogP contribution in [0.15, 0.2) is 23.3 Å². The van der Waals surface area contributed by atoms with Gasteiger partial charge in [-0.1, -0.05) is 34.8 Å². The van der Waals surface area contributed by atoms with Crippen molar-refractivity contribution < 1.29 is 9.53 Å². The van der Waals surface area contributed by atoms with E-state index in [1.807, 2.05) is 0 Å². The van der Waals surface area contributed by atoms with Crippen LogP contribution in [0.1, 0.15) is 6.92 Å². The van der Waals surface area contributed by atoms with E-state index in [2.05, 4.69) is 15.3 Å². The van der Waals surface area contributed by atoms with Crippen molar-refractivity contribution in [3.8, 4) is 0 Å². The number of benzene rings is 1. The Labute approximate surface area is 113 Å². The molecule has 92 valence electrons. The third-order valence-electron chi connectivity index (χ3n) is 1.65. The summed E-state index contributed by atoms with van der Waals surface area (Å²) >= 11 is 17.2. The topological polar surface area (TPSA) is 50.7 Å². The van der Waals surface area contributed by atoms with Crippen LogP contribution in [-0.4, -0.2) is 17.7 Å². The standard InChI is InChI=1S/C10H9Cl3N2O2/c1-2-17-10(16)9(13)15-14-8-4-3-6(11)5-7(8)12/h3-5,14H,2H2,1H3/b15-9+. The van der Waals surface area contributed by atoms with E-state index >= 15 is 0 Å². The van der Waals surface area contributed by atoms with Crippen LogP contribution in [0.5, 0.6) is 0 Å². The van der Waals surface area contributed by atoms with Crippen molar-refractivity contribution in [1.29, 1.82) is 0 Å². The number of nitrogens with one attached hydrogen (secondary N) is 1. The molecule has 0 atom stereocenters. The number of hydrogen-bond donors (Lipinski definition) is 1. The molecule has 0 fully saturated rings. The summed E-state index contributed by atoms with van der Waals surface area (Å²) in [7, 11) is 0. The molecule has 4 nitrogen and oxygen atoms in total. The van der Waals surface area contributed by atoms with Crippen LogP contribution < -0.4 is 5.43 Å². The maximum absolute atomic E-state index is 11.1. The molecule has 0 bridgehead atoms. The molecule has 0 saturated carbocycles. The highest BCUT2D eigenvalue weighted by atomic mass is 35.5. The van der Waals surface area contributed by atoms with Gasteiger partial charge in [0, 0.05) is 5.02 Å². The second kappa shape index (κ2) is 6.69. The number of rotatable bonds is 4. The highest BCUT2D eigenvalue weighted by molar-refractivity contribution is 6.82. The van der Waals surface area contributed by atoms with Crippen LogP contribution >= 0.6 is 34.8 Å². The number of carbonyl (C=O) groups is 1. The van der Waals surface area contributed by atoms with Crippen LogP contribution in [0.25, 0.3) is 0 Å². The molecule has 0 aliphatic rings. The van der Waals surface area contributed by atoms with Gasteiger partial charge in [0.2, 0.25) is 5.17 Å². The van der Waals surface area contributed by atoms with Gasteiger partial charge in [-0.2, -0.15) is 5.10 Å². The summed E-state index contributed by atoms with van der Waals surface area (Å²) in [5.41, 5.74) is 3.03. The smallest absolute Gasteiger partial charge is 0.370 e. The van der Waals surface area contributed by atoms with Gasteiger partial charge in [-0.05, 0) is 25.1 Å². The lowest BCUT2D eigenvalue weighted by atomic mass is 10.3. The second-order valence-electron chi connectivity index (χ2n) is 2.86. The molecule has 1 N–H and O–H groups in total. The number of anilines is 1. The molecule has 17 heavy (non-hydrogen) atoms. The molecule has 1 aromatic carbocycles. The van der Waals surface area contributed by atoms with Crippen molar-refractivity contribution >= 4 is 51.6 Å². The molecule has 7 heteroatoms. The van der Waals surface area contributed by atoms with Crippen LogP contribution in [0.3, 0.4) is 0 Å². The Kier molecular flexibility index (Phi) is 5.55. The minimum Gasteiger partial charge on any atom is -0.461 e. The molecule has 0 aliphatic carbocycles. The Morgan fingerprint density at radius 2 is 2.18 bits per heavy atom. The summed E-state index contributed by atoms with van der Waals surface area (Å²) in [6.07, 6.45) is 0. The molecular formula is C10H9Cl3N2O2. The first-order valence-corrected chi connectivity index (χ1v) is 5.79. The van der Waals surface area contributed by atoms with E-state index in [0.29, 0.717) is 15.7 Å². The van der Waals surface area contributed by atoms with Crippen molar-refractivity contribution in [2.45, 2.75) is 6.92 Å². The predicted octanol–water partition coefficient (Wildman–Crippen LogP) is 3.52. The molecule has 0 aliphatic heterocycles. The van der Waals surface area contributed by atoms with Gasteiger partial charge in [0.25, 0.3) is 0 Å². The SMILES string of the molecule is CCOC(=O)/C(Cl)=N\Nc1ccc(Cl)cc1Cl. The number of esters is 1. The van der Waals surface area contributed by atoms with Crippen molar-refractivity contribution in [2.75, 3.05) is 12.0 Å². The van der Waals surface area contributed by atoms with Crippen LogP contribution in [-0.2, 0) is 9.53 Å². The third-order valence-corrected chi connectivity index (χ3v) is 2.44. The minimum absolute atomic E-state index is 0.228. The summed E-state index contributed by atoms with van der Waals surface area (Å²) < 4.78 is 4.65. The average Bonchev–Trinajstić information content (AvgIpc) is 2.27. The summed E-state index contributed by atoms with van der Waals surface area (Å²) in [5, 5.41) is 4.20. The first-order chi connectivity index (χ1) is 8.04. The Morgan fingerprint density at radius 1 is 1.47 bits per heavy atom. The monoisotopic (exact) mass is 294 g/mol. The molecule has 0 spiro atoms. The average molecular weight is 296 g/mol. The van der Waals surface area contributed by atoms with E-state index in [-0.39, 0.29) is 11.8 Å². The fourth-order valence-corrected chi connectivity index (χ4v) is 1.47. The van der Waals surface area contributed by atoms with Gasteiger partial charge in [-0.25, -0.2) is 4.79 Å². The molecule has 0 radical (unpaired) electrons. The maximum atomic E-state index is 11.1. The third kappa shape index (κ3) is 4.42. The minimum atomic E-state index is -0.702. The van der Waals surface area contributed by atoms with Gasteiger partial charge >= 0.3 is 5.97 Å². The van der Waals surface area contributed by atoms with Crippen LogP contribution in [0.4, 0.5) is 5.69 Å². The summed E-state index contributed by atoms with van der Waals surface area (Å²) in [6.45, 7) is 1.90. The highest BCUT2D eigenvalue weighted by Crippen LogP contribution is 2.25. The molecule has 1 rings (SSSR count). The molecule has 0 unspecified atom stereocenters. The van der Waals surface area contributed by atoms with Crippen molar-refractivity contribution in [1.82, 2.24) is 0 Å². The zero-order valence-electron chi connectivity index (χ0n) is 8.84. The number of nitrogens with zero attached hydrogens (tertiary/aromatic N) is 1. The van der Waals surface area contributed by atoms with Crippen molar-refractivity contribution in [3.05, 3.63) is 28.2 Å². The Balaban J connectivity index is 2.72. The molecule has 1 aromatic rings. The van der Waals surface area contributed by atoms with Gasteiger partial charge in [0.05, 0.1) is 17.3 Å². The number of ether oxygens (including phenoxy) is 1. The largest absolute Gasteiger partial charge is 0.461 e. The molecule has 0 saturated heterocycles. The van der Waals surface area contributed by atoms with E-state index in [4.69, 9.17) is 34.8 Å². The van der Waals surface area contributed by atoms with Crippen LogP contribution in [0, 0.1) is 0 Å². The second-order valence-corrected chi connectivity index (χ2v) is 4.06. The molecule has 0 amide bonds. The van der Waals surface area contributed by atoms with Gasteiger partial charge < -0.3 is 4.74 Å². The predicted molar refractivity (Wildman–Crippen MR) is 70.0 cm³/mol. The van der Waals surface area contributed by atoms with Crippen molar-refractivity contribution in [3.63, 3.8) is 0 Å². The molecule has 0 heterocycles. The zero-order valence-corrected chi connectivity index (χ0v) is 11.1. The lowest BCUT2D eigenvalue weighted by Crippen LogP contribution is -2.13. The first kappa shape index (κ1) is 14.1. The molecular weight excluding hydrogens is 286 g/mol. The summed E-state index contributed by atoms with van der Waals surface area (Å²) in [6, 6.07) is 4.78. The van der Waals surface area contributed by atoms with E-state index in [9.17, 15) is 4.79 Å². The Hall–Kier alpha value is -0.970. The summed E-state index contributed by atoms with van der Waals surface area (Å²) in [5.74, 6) is -0.702. The number of carbonyl (C=O) groups excluding carboxylic acids is 1. The Bertz CT molecular complexity index is 449. The first-order valence-electron chi connectivity index (χ1n) is 4.66. The van der Waals surface area contributed by atoms with E-state index in [1.165, 1.54) is 0 Å². The lowest BCUT2D eigenvalue weighted by molar-refractivity contribution is -0.134. The van der Waals surface area contributed by atoms with Gasteiger partial charge in [-0.3, -0.25) is 5.43 Å². The van der Waals surface area contributed by atoms with Crippen molar-refractivity contribution in [2.24, 2.45) is 5.10 Å². The van der Waals surface area contributed by atoms with Gasteiger partial charge in [0.1, 0.15) is 0 Å². The van der Waals surface area contributed by atoms with E-state index < -0.39 is 5.97 Å². The number of hydrazone groups is 1. The number of hydrogen-bond acceptors (Lipinski definition) is 4. The van der Waals surface area contributed by atoms with Gasteiger partial charge in [-0.15, -0.1) is 0 Å². The van der Waals surface area contributed by atoms with Crippen LogP contribution in [0.2, 0.25) is 10.0 Å². The normalized spacial score (nSPS) is 11.2. The quantitative estimate of drug-likeness (QED) is 0.525. The number of halogens is 3.